The second-order valence-electron chi connectivity index (χ2n) is 4.47. The highest BCUT2D eigenvalue weighted by Gasteiger charge is 2.54. The summed E-state index contributed by atoms with van der Waals surface area (Å²) < 4.78 is 37.7. The van der Waals surface area contributed by atoms with Crippen molar-refractivity contribution in [1.82, 2.24) is 0 Å². The Labute approximate surface area is 103 Å². The first-order valence-corrected chi connectivity index (χ1v) is 5.30. The molecule has 1 amide bonds. The van der Waals surface area contributed by atoms with E-state index in [1.807, 2.05) is 6.92 Å². The van der Waals surface area contributed by atoms with E-state index < -0.39 is 17.6 Å². The number of anilines is 1. The van der Waals surface area contributed by atoms with E-state index in [1.165, 1.54) is 0 Å². The summed E-state index contributed by atoms with van der Waals surface area (Å²) in [6, 6.07) is 5.01. The van der Waals surface area contributed by atoms with Gasteiger partial charge in [-0.2, -0.15) is 13.2 Å². The quantitative estimate of drug-likeness (QED) is 0.858. The summed E-state index contributed by atoms with van der Waals surface area (Å²) in [7, 11) is 0. The molecular weight excluding hydrogens is 245 g/mol. The van der Waals surface area contributed by atoms with Gasteiger partial charge in [-0.3, -0.25) is 4.79 Å². The van der Waals surface area contributed by atoms with Gasteiger partial charge in [-0.05, 0) is 32.4 Å². The smallest absolute Gasteiger partial charge is 0.324 e. The number of nitrogens with two attached hydrogens (primary N) is 1. The Morgan fingerprint density at radius 2 is 1.83 bits per heavy atom. The largest absolute Gasteiger partial charge is 0.415 e. The summed E-state index contributed by atoms with van der Waals surface area (Å²) in [6.07, 6.45) is -4.80. The fourth-order valence-corrected chi connectivity index (χ4v) is 1.33. The van der Waals surface area contributed by atoms with Crippen molar-refractivity contribution >= 4 is 11.6 Å². The molecule has 0 aliphatic carbocycles. The lowest BCUT2D eigenvalue weighted by molar-refractivity contribution is -0.184. The monoisotopic (exact) mass is 260 g/mol. The van der Waals surface area contributed by atoms with Crippen molar-refractivity contribution in [2.75, 3.05) is 5.32 Å². The van der Waals surface area contributed by atoms with E-state index in [0.717, 1.165) is 5.56 Å². The maximum absolute atomic E-state index is 12.6. The average Bonchev–Trinajstić information content (AvgIpc) is 2.20. The third kappa shape index (κ3) is 2.81. The number of rotatable bonds is 2. The van der Waals surface area contributed by atoms with Crippen molar-refractivity contribution in [3.63, 3.8) is 0 Å². The molecule has 1 unspecified atom stereocenters. The minimum atomic E-state index is -4.80. The molecule has 3 N–H and O–H groups in total. The predicted octanol–water partition coefficient (Wildman–Crippen LogP) is 2.52. The van der Waals surface area contributed by atoms with Crippen LogP contribution in [0.5, 0.6) is 0 Å². The minimum Gasteiger partial charge on any atom is -0.324 e. The second kappa shape index (κ2) is 4.61. The summed E-state index contributed by atoms with van der Waals surface area (Å²) in [5, 5.41) is 2.20. The molecule has 1 atom stereocenters. The van der Waals surface area contributed by atoms with Gasteiger partial charge in [0, 0.05) is 5.69 Å². The molecule has 0 radical (unpaired) electrons. The molecule has 1 aromatic rings. The molecule has 0 aliphatic rings. The van der Waals surface area contributed by atoms with Crippen LogP contribution in [-0.4, -0.2) is 17.6 Å². The van der Waals surface area contributed by atoms with Gasteiger partial charge in [0.15, 0.2) is 5.54 Å². The normalized spacial score (nSPS) is 15.1. The van der Waals surface area contributed by atoms with Crippen LogP contribution in [0, 0.1) is 13.8 Å². The lowest BCUT2D eigenvalue weighted by Gasteiger charge is -2.26. The summed E-state index contributed by atoms with van der Waals surface area (Å²) >= 11 is 0. The molecule has 0 saturated carbocycles. The minimum absolute atomic E-state index is 0.325. The molecule has 0 heterocycles. The molecule has 100 valence electrons. The summed E-state index contributed by atoms with van der Waals surface area (Å²) in [5.41, 5.74) is 4.08. The van der Waals surface area contributed by atoms with Crippen LogP contribution in [0.3, 0.4) is 0 Å². The average molecular weight is 260 g/mol. The molecule has 3 nitrogen and oxygen atoms in total. The molecule has 1 aromatic carbocycles. The summed E-state index contributed by atoms with van der Waals surface area (Å²) in [5.74, 6) is -1.28. The van der Waals surface area contributed by atoms with Gasteiger partial charge in [-0.25, -0.2) is 0 Å². The van der Waals surface area contributed by atoms with Crippen LogP contribution in [0.4, 0.5) is 18.9 Å². The first kappa shape index (κ1) is 14.5. The Bertz CT molecular complexity index is 467. The van der Waals surface area contributed by atoms with E-state index in [2.05, 4.69) is 5.32 Å². The van der Waals surface area contributed by atoms with E-state index in [-0.39, 0.29) is 0 Å². The van der Waals surface area contributed by atoms with Gasteiger partial charge in [0.2, 0.25) is 0 Å². The molecule has 1 rings (SSSR count). The Kier molecular flexibility index (Phi) is 3.71. The van der Waals surface area contributed by atoms with Gasteiger partial charge in [0.25, 0.3) is 5.91 Å². The standard InChI is InChI=1S/C12H15F3N2O/c1-7-4-5-9(8(2)6-7)17-10(18)11(3,16)12(13,14)15/h4-6H,16H2,1-3H3,(H,17,18). The third-order valence-corrected chi connectivity index (χ3v) is 2.69. The van der Waals surface area contributed by atoms with E-state index >= 15 is 0 Å². The summed E-state index contributed by atoms with van der Waals surface area (Å²) in [6.45, 7) is 4.19. The van der Waals surface area contributed by atoms with Gasteiger partial charge in [0.05, 0.1) is 0 Å². The Hall–Kier alpha value is -1.56. The van der Waals surface area contributed by atoms with Crippen LogP contribution in [0.15, 0.2) is 18.2 Å². The number of carbonyl (C=O) groups is 1. The number of amides is 1. The number of carbonyl (C=O) groups excluding carboxylic acids is 1. The number of nitrogens with one attached hydrogen (secondary N) is 1. The van der Waals surface area contributed by atoms with Crippen LogP contribution >= 0.6 is 0 Å². The lowest BCUT2D eigenvalue weighted by Crippen LogP contribution is -2.59. The van der Waals surface area contributed by atoms with Crippen molar-refractivity contribution in [3.05, 3.63) is 29.3 Å². The molecule has 0 spiro atoms. The highest BCUT2D eigenvalue weighted by Crippen LogP contribution is 2.29. The van der Waals surface area contributed by atoms with Crippen LogP contribution in [0.25, 0.3) is 0 Å². The predicted molar refractivity (Wildman–Crippen MR) is 63.2 cm³/mol. The van der Waals surface area contributed by atoms with Gasteiger partial charge in [-0.1, -0.05) is 17.7 Å². The zero-order chi connectivity index (χ0) is 14.1. The number of aryl methyl sites for hydroxylation is 2. The first-order chi connectivity index (χ1) is 8.05. The number of halogens is 3. The molecule has 0 bridgehead atoms. The number of benzene rings is 1. The number of alkyl halides is 3. The van der Waals surface area contributed by atoms with Crippen LogP contribution in [0.2, 0.25) is 0 Å². The van der Waals surface area contributed by atoms with E-state index in [1.54, 1.807) is 25.1 Å². The zero-order valence-electron chi connectivity index (χ0n) is 10.4. The SMILES string of the molecule is Cc1ccc(NC(=O)C(C)(N)C(F)(F)F)c(C)c1. The van der Waals surface area contributed by atoms with E-state index in [9.17, 15) is 18.0 Å². The van der Waals surface area contributed by atoms with Crippen molar-refractivity contribution in [3.8, 4) is 0 Å². The van der Waals surface area contributed by atoms with Gasteiger partial charge < -0.3 is 11.1 Å². The van der Waals surface area contributed by atoms with Crippen LogP contribution < -0.4 is 11.1 Å². The molecule has 0 saturated heterocycles. The highest BCUT2D eigenvalue weighted by molar-refractivity contribution is 5.98. The maximum atomic E-state index is 12.6. The van der Waals surface area contributed by atoms with Crippen molar-refractivity contribution in [1.29, 1.82) is 0 Å². The first-order valence-electron chi connectivity index (χ1n) is 5.30. The van der Waals surface area contributed by atoms with Crippen molar-refractivity contribution < 1.29 is 18.0 Å². The van der Waals surface area contributed by atoms with Gasteiger partial charge in [-0.15, -0.1) is 0 Å². The van der Waals surface area contributed by atoms with Gasteiger partial charge >= 0.3 is 6.18 Å². The Balaban J connectivity index is 2.95. The summed E-state index contributed by atoms with van der Waals surface area (Å²) in [4.78, 5) is 11.6. The maximum Gasteiger partial charge on any atom is 0.415 e. The molecule has 0 fully saturated rings. The van der Waals surface area contributed by atoms with Gasteiger partial charge in [0.1, 0.15) is 0 Å². The fraction of sp³-hybridized carbons (Fsp3) is 0.417. The highest BCUT2D eigenvalue weighted by atomic mass is 19.4. The number of hydrogen-bond donors (Lipinski definition) is 2. The Morgan fingerprint density at radius 1 is 1.28 bits per heavy atom. The molecule has 0 aromatic heterocycles. The third-order valence-electron chi connectivity index (χ3n) is 2.69. The fourth-order valence-electron chi connectivity index (χ4n) is 1.33. The topological polar surface area (TPSA) is 55.1 Å². The van der Waals surface area contributed by atoms with E-state index in [4.69, 9.17) is 5.73 Å². The lowest BCUT2D eigenvalue weighted by atomic mass is 10.0. The molecule has 6 heteroatoms. The van der Waals surface area contributed by atoms with Crippen molar-refractivity contribution in [2.45, 2.75) is 32.5 Å². The molecular formula is C12H15F3N2O. The Morgan fingerprint density at radius 3 is 2.28 bits per heavy atom. The van der Waals surface area contributed by atoms with Crippen molar-refractivity contribution in [2.24, 2.45) is 5.73 Å². The zero-order valence-corrected chi connectivity index (χ0v) is 10.4. The molecule has 0 aliphatic heterocycles. The number of hydrogen-bond acceptors (Lipinski definition) is 2. The van der Waals surface area contributed by atoms with Crippen LogP contribution in [-0.2, 0) is 4.79 Å². The van der Waals surface area contributed by atoms with E-state index in [0.29, 0.717) is 18.2 Å². The second-order valence-corrected chi connectivity index (χ2v) is 4.47. The van der Waals surface area contributed by atoms with Crippen LogP contribution in [0.1, 0.15) is 18.1 Å². The molecule has 18 heavy (non-hydrogen) atoms.